The fourth-order valence-electron chi connectivity index (χ4n) is 6.36. The van der Waals surface area contributed by atoms with Gasteiger partial charge in [0.15, 0.2) is 0 Å². The van der Waals surface area contributed by atoms with Crippen LogP contribution in [0.3, 0.4) is 0 Å². The first-order valence-corrected chi connectivity index (χ1v) is 14.0. The lowest BCUT2D eigenvalue weighted by Gasteiger charge is -2.41. The zero-order valence-electron chi connectivity index (χ0n) is 19.5. The van der Waals surface area contributed by atoms with Gasteiger partial charge >= 0.3 is 0 Å². The van der Waals surface area contributed by atoms with Crippen molar-refractivity contribution in [2.75, 3.05) is 19.3 Å². The molecule has 2 heterocycles. The molecule has 9 heteroatoms. The molecule has 0 spiro atoms. The number of hydrogen-bond acceptors (Lipinski definition) is 5. The van der Waals surface area contributed by atoms with Crippen LogP contribution in [-0.2, 0) is 19.6 Å². The molecule has 2 bridgehead atoms. The van der Waals surface area contributed by atoms with Crippen molar-refractivity contribution in [1.82, 2.24) is 19.6 Å². The summed E-state index contributed by atoms with van der Waals surface area (Å²) < 4.78 is 27.0. The number of hydrogen-bond donors (Lipinski definition) is 2. The number of carbonyl (C=O) groups is 2. The summed E-state index contributed by atoms with van der Waals surface area (Å²) >= 11 is 0. The third-order valence-corrected chi connectivity index (χ3v) is 9.03. The van der Waals surface area contributed by atoms with Crippen LogP contribution in [0.2, 0.25) is 0 Å². The topological polar surface area (TPSA) is 110 Å². The normalized spacial score (nSPS) is 27.6. The van der Waals surface area contributed by atoms with Gasteiger partial charge in [0.25, 0.3) is 0 Å². The minimum absolute atomic E-state index is 0.00136. The number of amides is 1. The third-order valence-electron chi connectivity index (χ3n) is 8.30. The van der Waals surface area contributed by atoms with Crippen LogP contribution in [0.4, 0.5) is 0 Å². The van der Waals surface area contributed by atoms with Gasteiger partial charge in [0.05, 0.1) is 30.5 Å². The molecule has 1 aromatic carbocycles. The maximum atomic E-state index is 13.8. The van der Waals surface area contributed by atoms with Crippen LogP contribution in [0.5, 0.6) is 0 Å². The Morgan fingerprint density at radius 1 is 1.06 bits per heavy atom. The number of fused-ring (bicyclic) bond motifs is 7. The van der Waals surface area contributed by atoms with Crippen molar-refractivity contribution < 1.29 is 18.0 Å². The number of imidazole rings is 1. The number of rotatable bonds is 8. The number of ketones is 1. The van der Waals surface area contributed by atoms with Gasteiger partial charge in [0.1, 0.15) is 5.78 Å². The van der Waals surface area contributed by atoms with Crippen molar-refractivity contribution >= 4 is 21.7 Å². The quantitative estimate of drug-likeness (QED) is 0.560. The second kappa shape index (κ2) is 8.61. The summed E-state index contributed by atoms with van der Waals surface area (Å²) in [6, 6.07) is 8.24. The van der Waals surface area contributed by atoms with E-state index in [0.717, 1.165) is 49.6 Å². The molecule has 8 nitrogen and oxygen atoms in total. The predicted octanol–water partition coefficient (Wildman–Crippen LogP) is 2.81. The molecule has 0 saturated heterocycles. The summed E-state index contributed by atoms with van der Waals surface area (Å²) in [6.45, 7) is 0.453. The molecule has 2 aromatic rings. The van der Waals surface area contributed by atoms with Crippen LogP contribution in [0.1, 0.15) is 63.0 Å². The third kappa shape index (κ3) is 4.09. The van der Waals surface area contributed by atoms with Crippen molar-refractivity contribution in [3.05, 3.63) is 42.4 Å². The van der Waals surface area contributed by atoms with Crippen LogP contribution < -0.4 is 10.0 Å². The summed E-state index contributed by atoms with van der Waals surface area (Å²) in [7, 11) is -3.27. The van der Waals surface area contributed by atoms with E-state index in [1.165, 1.54) is 5.56 Å². The SMILES string of the molecule is CS(=O)(=O)NCCNC(=O)C12CCCC(C(=O)CC3c4ccccc4-c4cncn43)(CC1)CC2. The molecule has 182 valence electrons. The first-order chi connectivity index (χ1) is 16.2. The van der Waals surface area contributed by atoms with Gasteiger partial charge in [-0.3, -0.25) is 9.59 Å². The van der Waals surface area contributed by atoms with E-state index < -0.39 is 15.4 Å². The fraction of sp³-hybridized carbons (Fsp3) is 0.560. The minimum atomic E-state index is -3.27. The van der Waals surface area contributed by atoms with Gasteiger partial charge in [0, 0.05) is 35.9 Å². The van der Waals surface area contributed by atoms with Gasteiger partial charge < -0.3 is 9.88 Å². The van der Waals surface area contributed by atoms with Crippen molar-refractivity contribution in [3.8, 4) is 11.3 Å². The van der Waals surface area contributed by atoms with Gasteiger partial charge in [-0.1, -0.05) is 30.7 Å². The lowest BCUT2D eigenvalue weighted by Crippen LogP contribution is -2.46. The van der Waals surface area contributed by atoms with E-state index in [9.17, 15) is 18.0 Å². The van der Waals surface area contributed by atoms with Crippen molar-refractivity contribution in [3.63, 3.8) is 0 Å². The molecule has 1 atom stereocenters. The largest absolute Gasteiger partial charge is 0.354 e. The van der Waals surface area contributed by atoms with Crippen LogP contribution in [0.15, 0.2) is 36.8 Å². The Morgan fingerprint density at radius 2 is 1.76 bits per heavy atom. The molecule has 34 heavy (non-hydrogen) atoms. The molecule has 3 fully saturated rings. The molecule has 3 saturated carbocycles. The Labute approximate surface area is 200 Å². The van der Waals surface area contributed by atoms with Crippen molar-refractivity contribution in [2.24, 2.45) is 10.8 Å². The number of sulfonamides is 1. The molecular weight excluding hydrogens is 452 g/mol. The molecule has 1 unspecified atom stereocenters. The standard InChI is InChI=1S/C25H32N4O4S/c1-34(32,33)28-14-13-27-23(31)25-8-4-7-24(9-11-25,10-12-25)22(30)15-20-18-5-2-3-6-19(18)21-16-26-17-29(20)21/h2-3,5-6,16-17,20,28H,4,7-15H2,1H3,(H,27,31). The first kappa shape index (κ1) is 23.2. The average Bonchev–Trinajstić information content (AvgIpc) is 3.26. The van der Waals surface area contributed by atoms with Gasteiger partial charge in [-0.15, -0.1) is 0 Å². The Hall–Kier alpha value is -2.52. The number of Topliss-reactive ketones (excluding diaryl/α,β-unsaturated/α-hetero) is 1. The van der Waals surface area contributed by atoms with Crippen LogP contribution in [-0.4, -0.2) is 49.0 Å². The van der Waals surface area contributed by atoms with E-state index in [2.05, 4.69) is 31.7 Å². The summed E-state index contributed by atoms with van der Waals surface area (Å²) in [6.07, 6.45) is 10.6. The van der Waals surface area contributed by atoms with E-state index in [1.54, 1.807) is 0 Å². The number of benzene rings is 1. The Morgan fingerprint density at radius 3 is 2.53 bits per heavy atom. The molecule has 6 rings (SSSR count). The summed E-state index contributed by atoms with van der Waals surface area (Å²) in [5, 5.41) is 2.93. The van der Waals surface area contributed by atoms with E-state index in [0.29, 0.717) is 25.0 Å². The zero-order valence-corrected chi connectivity index (χ0v) is 20.4. The molecule has 4 aliphatic rings. The maximum absolute atomic E-state index is 13.8. The highest BCUT2D eigenvalue weighted by molar-refractivity contribution is 7.88. The van der Waals surface area contributed by atoms with Crippen molar-refractivity contribution in [2.45, 2.75) is 57.4 Å². The maximum Gasteiger partial charge on any atom is 0.226 e. The number of nitrogens with one attached hydrogen (secondary N) is 2. The number of carbonyl (C=O) groups excluding carboxylic acids is 2. The molecule has 3 aliphatic carbocycles. The average molecular weight is 485 g/mol. The molecule has 1 aliphatic heterocycles. The molecule has 2 N–H and O–H groups in total. The lowest BCUT2D eigenvalue weighted by molar-refractivity contribution is -0.139. The molecule has 1 aromatic heterocycles. The van der Waals surface area contributed by atoms with E-state index in [1.807, 2.05) is 24.7 Å². The zero-order chi connectivity index (χ0) is 24.0. The smallest absolute Gasteiger partial charge is 0.226 e. The molecular formula is C25H32N4O4S. The minimum Gasteiger partial charge on any atom is -0.354 e. The highest BCUT2D eigenvalue weighted by atomic mass is 32.2. The first-order valence-electron chi connectivity index (χ1n) is 12.1. The lowest BCUT2D eigenvalue weighted by atomic mass is 9.62. The van der Waals surface area contributed by atoms with E-state index in [4.69, 9.17) is 0 Å². The molecule has 1 amide bonds. The van der Waals surface area contributed by atoms with E-state index >= 15 is 0 Å². The van der Waals surface area contributed by atoms with Crippen molar-refractivity contribution in [1.29, 1.82) is 0 Å². The Kier molecular flexibility index (Phi) is 5.88. The molecule has 0 radical (unpaired) electrons. The van der Waals surface area contributed by atoms with Crippen LogP contribution >= 0.6 is 0 Å². The monoisotopic (exact) mass is 484 g/mol. The van der Waals surface area contributed by atoms with E-state index in [-0.39, 0.29) is 30.5 Å². The second-order valence-electron chi connectivity index (χ2n) is 10.3. The summed E-state index contributed by atoms with van der Waals surface area (Å²) in [5.41, 5.74) is 2.61. The van der Waals surface area contributed by atoms with Gasteiger partial charge in [0.2, 0.25) is 15.9 Å². The van der Waals surface area contributed by atoms with Crippen LogP contribution in [0.25, 0.3) is 11.3 Å². The predicted molar refractivity (Wildman–Crippen MR) is 128 cm³/mol. The highest BCUT2D eigenvalue weighted by Crippen LogP contribution is 2.56. The number of aromatic nitrogens is 2. The Balaban J connectivity index is 1.26. The second-order valence-corrected chi connectivity index (χ2v) is 12.1. The highest BCUT2D eigenvalue weighted by Gasteiger charge is 2.52. The Bertz CT molecular complexity index is 1210. The fourth-order valence-corrected chi connectivity index (χ4v) is 6.84. The number of nitrogens with zero attached hydrogens (tertiary/aromatic N) is 2. The van der Waals surface area contributed by atoms with Crippen LogP contribution in [0, 0.1) is 10.8 Å². The van der Waals surface area contributed by atoms with Gasteiger partial charge in [-0.2, -0.15) is 0 Å². The summed E-state index contributed by atoms with van der Waals surface area (Å²) in [5.74, 6) is 0.306. The summed E-state index contributed by atoms with van der Waals surface area (Å²) in [4.78, 5) is 31.2. The van der Waals surface area contributed by atoms with Gasteiger partial charge in [-0.25, -0.2) is 18.1 Å². The van der Waals surface area contributed by atoms with Gasteiger partial charge in [-0.05, 0) is 44.1 Å².